The van der Waals surface area contributed by atoms with Crippen LogP contribution in [0.15, 0.2) is 59.6 Å². The Hall–Kier alpha value is -2.81. The van der Waals surface area contributed by atoms with Gasteiger partial charge in [0.2, 0.25) is 0 Å². The van der Waals surface area contributed by atoms with Gasteiger partial charge in [0.15, 0.2) is 5.78 Å². The Bertz CT molecular complexity index is 1170. The van der Waals surface area contributed by atoms with Crippen LogP contribution in [0.5, 0.6) is 0 Å². The maximum absolute atomic E-state index is 12.6. The first-order valence-corrected chi connectivity index (χ1v) is 10.5. The van der Waals surface area contributed by atoms with Gasteiger partial charge < -0.3 is 10.3 Å². The Labute approximate surface area is 177 Å². The molecule has 1 heterocycles. The van der Waals surface area contributed by atoms with Crippen molar-refractivity contribution in [2.45, 2.75) is 11.8 Å². The zero-order chi connectivity index (χ0) is 21.2. The first kappa shape index (κ1) is 20.9. The Kier molecular flexibility index (Phi) is 5.97. The molecule has 0 bridgehead atoms. The highest BCUT2D eigenvalue weighted by Gasteiger charge is 2.21. The van der Waals surface area contributed by atoms with E-state index < -0.39 is 15.9 Å². The number of aromatic amines is 1. The van der Waals surface area contributed by atoms with E-state index in [0.29, 0.717) is 11.3 Å². The number of amides is 1. The number of H-pyrrole nitrogens is 1. The topological polar surface area (TPSA) is 108 Å². The number of hydrogen-bond donors (Lipinski definition) is 3. The zero-order valence-electron chi connectivity index (χ0n) is 15.0. The summed E-state index contributed by atoms with van der Waals surface area (Å²) in [5.74, 6) is -0.593. The third-order valence-electron chi connectivity index (χ3n) is 3.92. The monoisotopic (exact) mass is 451 g/mol. The lowest BCUT2D eigenvalue weighted by molar-refractivity contribution is 0.101. The summed E-state index contributed by atoms with van der Waals surface area (Å²) in [5, 5.41) is 2.66. The summed E-state index contributed by atoms with van der Waals surface area (Å²) in [5.41, 5.74) is 1.33. The summed E-state index contributed by atoms with van der Waals surface area (Å²) >= 11 is 11.9. The molecule has 1 aromatic heterocycles. The fourth-order valence-corrected chi connectivity index (χ4v) is 4.70. The van der Waals surface area contributed by atoms with Crippen molar-refractivity contribution >= 4 is 56.3 Å². The van der Waals surface area contributed by atoms with Crippen molar-refractivity contribution in [1.82, 2.24) is 4.98 Å². The minimum Gasteiger partial charge on any atom is -0.356 e. The Balaban J connectivity index is 1.73. The average Bonchev–Trinajstić information content (AvgIpc) is 3.13. The van der Waals surface area contributed by atoms with Crippen LogP contribution >= 0.6 is 23.2 Å². The quantitative estimate of drug-likeness (QED) is 0.476. The fraction of sp³-hybridized carbons (Fsp3) is 0.0526. The molecule has 0 radical (unpaired) electrons. The summed E-state index contributed by atoms with van der Waals surface area (Å²) in [6, 6.07) is 11.9. The average molecular weight is 452 g/mol. The molecule has 0 aliphatic rings. The van der Waals surface area contributed by atoms with Crippen molar-refractivity contribution in [2.75, 3.05) is 10.0 Å². The maximum Gasteiger partial charge on any atom is 0.272 e. The van der Waals surface area contributed by atoms with Gasteiger partial charge in [-0.05, 0) is 49.4 Å². The molecule has 3 aromatic rings. The van der Waals surface area contributed by atoms with Crippen LogP contribution in [0, 0.1) is 0 Å². The summed E-state index contributed by atoms with van der Waals surface area (Å²) < 4.78 is 27.5. The van der Waals surface area contributed by atoms with E-state index in [1.54, 1.807) is 6.07 Å². The molecule has 29 heavy (non-hydrogen) atoms. The molecular weight excluding hydrogens is 437 g/mol. The number of benzene rings is 2. The van der Waals surface area contributed by atoms with Gasteiger partial charge in [-0.15, -0.1) is 0 Å². The third-order valence-corrected chi connectivity index (χ3v) is 6.25. The van der Waals surface area contributed by atoms with Crippen LogP contribution in [0.25, 0.3) is 0 Å². The van der Waals surface area contributed by atoms with E-state index in [4.69, 9.17) is 23.2 Å². The maximum atomic E-state index is 12.6. The van der Waals surface area contributed by atoms with Crippen LogP contribution < -0.4 is 10.0 Å². The summed E-state index contributed by atoms with van der Waals surface area (Å²) in [6.45, 7) is 1.40. The lowest BCUT2D eigenvalue weighted by Crippen LogP contribution is -2.14. The van der Waals surface area contributed by atoms with Crippen molar-refractivity contribution < 1.29 is 18.0 Å². The van der Waals surface area contributed by atoms with Gasteiger partial charge in [-0.2, -0.15) is 0 Å². The molecule has 150 valence electrons. The van der Waals surface area contributed by atoms with E-state index in [2.05, 4.69) is 15.0 Å². The molecular formula is C19H15Cl2N3O4S. The predicted octanol–water partition coefficient (Wildman–Crippen LogP) is 4.58. The van der Waals surface area contributed by atoms with Gasteiger partial charge in [0.05, 0.1) is 10.0 Å². The Morgan fingerprint density at radius 3 is 2.10 bits per heavy atom. The molecule has 7 nitrogen and oxygen atoms in total. The van der Waals surface area contributed by atoms with E-state index in [9.17, 15) is 18.0 Å². The number of sulfonamides is 1. The number of ketones is 1. The molecule has 3 rings (SSSR count). The number of carbonyl (C=O) groups excluding carboxylic acids is 2. The lowest BCUT2D eigenvalue weighted by atomic mass is 10.2. The van der Waals surface area contributed by atoms with E-state index >= 15 is 0 Å². The number of aromatic nitrogens is 1. The minimum absolute atomic E-state index is 0.00441. The largest absolute Gasteiger partial charge is 0.356 e. The van der Waals surface area contributed by atoms with Crippen molar-refractivity contribution in [3.05, 3.63) is 76.0 Å². The van der Waals surface area contributed by atoms with Gasteiger partial charge in [0.25, 0.3) is 15.9 Å². The number of Topliss-reactive ketones (excluding diaryl/α,β-unsaturated/α-hetero) is 1. The second-order valence-corrected chi connectivity index (χ2v) is 8.48. The van der Waals surface area contributed by atoms with Gasteiger partial charge in [0.1, 0.15) is 10.6 Å². The molecule has 0 aliphatic heterocycles. The van der Waals surface area contributed by atoms with Gasteiger partial charge in [-0.3, -0.25) is 14.3 Å². The molecule has 3 N–H and O–H groups in total. The Morgan fingerprint density at radius 2 is 1.55 bits per heavy atom. The van der Waals surface area contributed by atoms with Crippen LogP contribution in [-0.2, 0) is 10.0 Å². The minimum atomic E-state index is -4.00. The molecule has 0 atom stereocenters. The van der Waals surface area contributed by atoms with Gasteiger partial charge in [0, 0.05) is 23.1 Å². The first-order valence-electron chi connectivity index (χ1n) is 8.25. The van der Waals surface area contributed by atoms with Crippen LogP contribution in [0.1, 0.15) is 27.8 Å². The molecule has 0 saturated heterocycles. The van der Waals surface area contributed by atoms with Crippen molar-refractivity contribution in [3.8, 4) is 0 Å². The summed E-state index contributed by atoms with van der Waals surface area (Å²) in [4.78, 5) is 26.1. The van der Waals surface area contributed by atoms with Crippen molar-refractivity contribution in [3.63, 3.8) is 0 Å². The van der Waals surface area contributed by atoms with E-state index in [-0.39, 0.29) is 32.1 Å². The Morgan fingerprint density at radius 1 is 0.966 bits per heavy atom. The predicted molar refractivity (Wildman–Crippen MR) is 112 cm³/mol. The lowest BCUT2D eigenvalue weighted by Gasteiger charge is -2.11. The molecule has 0 spiro atoms. The fourth-order valence-electron chi connectivity index (χ4n) is 2.49. The molecule has 1 amide bonds. The van der Waals surface area contributed by atoms with Crippen molar-refractivity contribution in [2.24, 2.45) is 0 Å². The highest BCUT2D eigenvalue weighted by Crippen LogP contribution is 2.30. The third kappa shape index (κ3) is 4.79. The van der Waals surface area contributed by atoms with E-state index in [0.717, 1.165) is 0 Å². The smallest absolute Gasteiger partial charge is 0.272 e. The van der Waals surface area contributed by atoms with E-state index in [1.807, 2.05) is 0 Å². The van der Waals surface area contributed by atoms with Gasteiger partial charge >= 0.3 is 0 Å². The number of halogens is 2. The highest BCUT2D eigenvalue weighted by molar-refractivity contribution is 7.93. The van der Waals surface area contributed by atoms with Gasteiger partial charge in [-0.25, -0.2) is 8.42 Å². The normalized spacial score (nSPS) is 11.1. The molecule has 10 heteroatoms. The molecule has 2 aromatic carbocycles. The number of carbonyl (C=O) groups is 2. The molecule has 0 saturated carbocycles. The van der Waals surface area contributed by atoms with E-state index in [1.165, 1.54) is 55.6 Å². The number of nitrogens with one attached hydrogen (secondary N) is 3. The SMILES string of the molecule is CC(=O)c1c[nH]c(C(=O)Nc2ccc(NS(=O)(=O)c3c(Cl)cccc3Cl)cc2)c1. The molecule has 0 unspecified atom stereocenters. The highest BCUT2D eigenvalue weighted by atomic mass is 35.5. The number of hydrogen-bond acceptors (Lipinski definition) is 4. The van der Waals surface area contributed by atoms with Crippen LogP contribution in [0.3, 0.4) is 0 Å². The van der Waals surface area contributed by atoms with Crippen LogP contribution in [0.2, 0.25) is 10.0 Å². The zero-order valence-corrected chi connectivity index (χ0v) is 17.3. The second-order valence-electron chi connectivity index (χ2n) is 6.05. The standard InChI is InChI=1S/C19H15Cl2N3O4S/c1-11(25)12-9-17(22-10-12)19(26)23-13-5-7-14(8-6-13)24-29(27,28)18-15(20)3-2-4-16(18)21/h2-10,22,24H,1H3,(H,23,26). The second kappa shape index (κ2) is 8.28. The molecule has 0 fully saturated rings. The van der Waals surface area contributed by atoms with Crippen LogP contribution in [0.4, 0.5) is 11.4 Å². The number of anilines is 2. The molecule has 0 aliphatic carbocycles. The van der Waals surface area contributed by atoms with Crippen molar-refractivity contribution in [1.29, 1.82) is 0 Å². The number of rotatable bonds is 6. The summed E-state index contributed by atoms with van der Waals surface area (Å²) in [7, 11) is -4.00. The van der Waals surface area contributed by atoms with Crippen LogP contribution in [-0.4, -0.2) is 25.1 Å². The summed E-state index contributed by atoms with van der Waals surface area (Å²) in [6.07, 6.45) is 1.45. The first-order chi connectivity index (χ1) is 13.7. The van der Waals surface area contributed by atoms with Gasteiger partial charge in [-0.1, -0.05) is 29.3 Å².